The van der Waals surface area contributed by atoms with E-state index in [4.69, 9.17) is 4.74 Å². The molecule has 0 radical (unpaired) electrons. The fourth-order valence-corrected chi connectivity index (χ4v) is 3.15. The van der Waals surface area contributed by atoms with E-state index in [1.165, 1.54) is 44.9 Å². The summed E-state index contributed by atoms with van der Waals surface area (Å²) in [5, 5.41) is 3.57. The standard InChI is InChI=1S/C15H29NO/c1-14(2,3)10-11-16-12-13-6-9-15(17-13)7-4-5-8-15/h13,16H,4-12H2,1-3H3. The second kappa shape index (κ2) is 5.27. The third-order valence-corrected chi connectivity index (χ3v) is 4.28. The number of nitrogens with one attached hydrogen (secondary N) is 1. The van der Waals surface area contributed by atoms with Crippen molar-refractivity contribution in [1.29, 1.82) is 0 Å². The van der Waals surface area contributed by atoms with E-state index in [-0.39, 0.29) is 0 Å². The van der Waals surface area contributed by atoms with Crippen molar-refractivity contribution in [1.82, 2.24) is 5.32 Å². The van der Waals surface area contributed by atoms with Crippen molar-refractivity contribution >= 4 is 0 Å². The van der Waals surface area contributed by atoms with Gasteiger partial charge in [-0.05, 0) is 44.1 Å². The molecule has 17 heavy (non-hydrogen) atoms. The molecule has 1 heterocycles. The minimum atomic E-state index is 0.302. The second-order valence-electron chi connectivity index (χ2n) is 7.18. The van der Waals surface area contributed by atoms with E-state index >= 15 is 0 Å². The number of rotatable bonds is 4. The van der Waals surface area contributed by atoms with Crippen LogP contribution in [0.5, 0.6) is 0 Å². The van der Waals surface area contributed by atoms with Gasteiger partial charge in [-0.3, -0.25) is 0 Å². The van der Waals surface area contributed by atoms with Crippen LogP contribution >= 0.6 is 0 Å². The van der Waals surface area contributed by atoms with Gasteiger partial charge in [-0.2, -0.15) is 0 Å². The molecule has 1 unspecified atom stereocenters. The molecule has 0 aromatic heterocycles. The van der Waals surface area contributed by atoms with Gasteiger partial charge in [0.15, 0.2) is 0 Å². The van der Waals surface area contributed by atoms with E-state index in [9.17, 15) is 0 Å². The number of hydrogen-bond acceptors (Lipinski definition) is 2. The normalized spacial score (nSPS) is 28.1. The van der Waals surface area contributed by atoms with Crippen molar-refractivity contribution in [2.75, 3.05) is 13.1 Å². The first-order chi connectivity index (χ1) is 7.99. The van der Waals surface area contributed by atoms with Gasteiger partial charge in [-0.15, -0.1) is 0 Å². The molecule has 1 spiro atoms. The zero-order valence-electron chi connectivity index (χ0n) is 11.8. The molecule has 2 aliphatic rings. The summed E-state index contributed by atoms with van der Waals surface area (Å²) in [4.78, 5) is 0. The molecule has 1 saturated carbocycles. The highest BCUT2D eigenvalue weighted by Gasteiger charge is 2.41. The van der Waals surface area contributed by atoms with Crippen LogP contribution in [0, 0.1) is 5.41 Å². The molecule has 0 aromatic carbocycles. The van der Waals surface area contributed by atoms with E-state index in [0.717, 1.165) is 13.1 Å². The van der Waals surface area contributed by atoms with Crippen molar-refractivity contribution in [3.8, 4) is 0 Å². The monoisotopic (exact) mass is 239 g/mol. The van der Waals surface area contributed by atoms with E-state index in [2.05, 4.69) is 26.1 Å². The zero-order valence-corrected chi connectivity index (χ0v) is 11.8. The Morgan fingerprint density at radius 2 is 1.88 bits per heavy atom. The predicted molar refractivity (Wildman–Crippen MR) is 72.2 cm³/mol. The van der Waals surface area contributed by atoms with Crippen LogP contribution in [0.1, 0.15) is 65.7 Å². The van der Waals surface area contributed by atoms with Gasteiger partial charge in [-0.1, -0.05) is 33.6 Å². The smallest absolute Gasteiger partial charge is 0.0708 e. The third kappa shape index (κ3) is 3.96. The summed E-state index contributed by atoms with van der Waals surface area (Å²) >= 11 is 0. The van der Waals surface area contributed by atoms with Gasteiger partial charge < -0.3 is 10.1 Å². The summed E-state index contributed by atoms with van der Waals surface area (Å²) in [5.74, 6) is 0. The number of ether oxygens (including phenoxy) is 1. The Kier molecular flexibility index (Phi) is 4.14. The molecular formula is C15H29NO. The SMILES string of the molecule is CC(C)(C)CCNCC1CCC2(CCCC2)O1. The van der Waals surface area contributed by atoms with Crippen LogP contribution in [0.3, 0.4) is 0 Å². The lowest BCUT2D eigenvalue weighted by molar-refractivity contribution is -0.0351. The predicted octanol–water partition coefficient (Wildman–Crippen LogP) is 3.50. The molecule has 1 aliphatic carbocycles. The molecule has 2 nitrogen and oxygen atoms in total. The van der Waals surface area contributed by atoms with Gasteiger partial charge in [0.2, 0.25) is 0 Å². The van der Waals surface area contributed by atoms with Crippen molar-refractivity contribution in [3.63, 3.8) is 0 Å². The lowest BCUT2D eigenvalue weighted by Gasteiger charge is -2.24. The van der Waals surface area contributed by atoms with Gasteiger partial charge in [0.05, 0.1) is 11.7 Å². The van der Waals surface area contributed by atoms with Gasteiger partial charge in [-0.25, -0.2) is 0 Å². The van der Waals surface area contributed by atoms with Crippen molar-refractivity contribution in [3.05, 3.63) is 0 Å². The molecule has 0 amide bonds. The number of hydrogen-bond donors (Lipinski definition) is 1. The molecule has 2 heteroatoms. The first kappa shape index (κ1) is 13.4. The Morgan fingerprint density at radius 1 is 1.18 bits per heavy atom. The quantitative estimate of drug-likeness (QED) is 0.758. The van der Waals surface area contributed by atoms with Crippen LogP contribution in [-0.2, 0) is 4.74 Å². The van der Waals surface area contributed by atoms with Crippen molar-refractivity contribution < 1.29 is 4.74 Å². The molecule has 1 saturated heterocycles. The first-order valence-electron chi connectivity index (χ1n) is 7.38. The lowest BCUT2D eigenvalue weighted by Crippen LogP contribution is -2.32. The maximum Gasteiger partial charge on any atom is 0.0708 e. The second-order valence-corrected chi connectivity index (χ2v) is 7.18. The van der Waals surface area contributed by atoms with Gasteiger partial charge >= 0.3 is 0 Å². The van der Waals surface area contributed by atoms with E-state index in [0.29, 0.717) is 17.1 Å². The highest BCUT2D eigenvalue weighted by atomic mass is 16.5. The molecule has 2 rings (SSSR count). The van der Waals surface area contributed by atoms with E-state index in [1.807, 2.05) is 0 Å². The summed E-state index contributed by atoms with van der Waals surface area (Å²) in [6, 6.07) is 0. The Balaban J connectivity index is 1.62. The average Bonchev–Trinajstić information content (AvgIpc) is 2.84. The van der Waals surface area contributed by atoms with Crippen LogP contribution < -0.4 is 5.32 Å². The highest BCUT2D eigenvalue weighted by Crippen LogP contribution is 2.43. The van der Waals surface area contributed by atoms with Crippen LogP contribution in [0.25, 0.3) is 0 Å². The fraction of sp³-hybridized carbons (Fsp3) is 1.00. The van der Waals surface area contributed by atoms with Crippen molar-refractivity contribution in [2.24, 2.45) is 5.41 Å². The molecule has 1 atom stereocenters. The minimum Gasteiger partial charge on any atom is -0.370 e. The zero-order chi connectivity index (χ0) is 12.4. The Labute approximate surface area is 107 Å². The fourth-order valence-electron chi connectivity index (χ4n) is 3.15. The molecule has 1 aliphatic heterocycles. The van der Waals surface area contributed by atoms with Crippen molar-refractivity contribution in [2.45, 2.75) is 77.4 Å². The summed E-state index contributed by atoms with van der Waals surface area (Å²) in [6.07, 6.45) is 9.67. The summed E-state index contributed by atoms with van der Waals surface area (Å²) in [7, 11) is 0. The molecule has 2 fully saturated rings. The average molecular weight is 239 g/mol. The topological polar surface area (TPSA) is 21.3 Å². The lowest BCUT2D eigenvalue weighted by atomic mass is 9.92. The minimum absolute atomic E-state index is 0.302. The van der Waals surface area contributed by atoms with Gasteiger partial charge in [0.25, 0.3) is 0 Å². The third-order valence-electron chi connectivity index (χ3n) is 4.28. The summed E-state index contributed by atoms with van der Waals surface area (Å²) < 4.78 is 6.28. The van der Waals surface area contributed by atoms with E-state index in [1.54, 1.807) is 0 Å². The largest absolute Gasteiger partial charge is 0.370 e. The molecule has 100 valence electrons. The van der Waals surface area contributed by atoms with Gasteiger partial charge in [0, 0.05) is 6.54 Å². The maximum absolute atomic E-state index is 6.28. The highest BCUT2D eigenvalue weighted by molar-refractivity contribution is 4.93. The maximum atomic E-state index is 6.28. The van der Waals surface area contributed by atoms with Crippen LogP contribution in [-0.4, -0.2) is 24.8 Å². The Morgan fingerprint density at radius 3 is 2.53 bits per heavy atom. The van der Waals surface area contributed by atoms with Crippen LogP contribution in [0.15, 0.2) is 0 Å². The van der Waals surface area contributed by atoms with Crippen LogP contribution in [0.2, 0.25) is 0 Å². The van der Waals surface area contributed by atoms with E-state index < -0.39 is 0 Å². The Bertz CT molecular complexity index is 238. The Hall–Kier alpha value is -0.0800. The molecule has 0 aromatic rings. The van der Waals surface area contributed by atoms with Gasteiger partial charge in [0.1, 0.15) is 0 Å². The van der Waals surface area contributed by atoms with Crippen LogP contribution in [0.4, 0.5) is 0 Å². The summed E-state index contributed by atoms with van der Waals surface area (Å²) in [6.45, 7) is 9.07. The summed E-state index contributed by atoms with van der Waals surface area (Å²) in [5.41, 5.74) is 0.743. The molecule has 1 N–H and O–H groups in total. The molecular weight excluding hydrogens is 210 g/mol. The first-order valence-corrected chi connectivity index (χ1v) is 7.38. The molecule has 0 bridgehead atoms.